The van der Waals surface area contributed by atoms with Crippen LogP contribution in [0.25, 0.3) is 0 Å². The van der Waals surface area contributed by atoms with Gasteiger partial charge in [0.15, 0.2) is 0 Å². The molecular formula is C17H30N4. The number of hydrogen-bond donors (Lipinski definition) is 1. The highest BCUT2D eigenvalue weighted by atomic mass is 15.3. The lowest BCUT2D eigenvalue weighted by Gasteiger charge is -2.39. The van der Waals surface area contributed by atoms with E-state index < -0.39 is 0 Å². The van der Waals surface area contributed by atoms with Gasteiger partial charge in [0, 0.05) is 38.8 Å². The molecule has 1 saturated heterocycles. The molecule has 0 amide bonds. The van der Waals surface area contributed by atoms with Gasteiger partial charge in [-0.05, 0) is 38.6 Å². The molecule has 0 spiro atoms. The van der Waals surface area contributed by atoms with Crippen LogP contribution in [0, 0.1) is 0 Å². The third kappa shape index (κ3) is 5.06. The first-order chi connectivity index (χ1) is 10.2. The van der Waals surface area contributed by atoms with Crippen molar-refractivity contribution in [2.45, 2.75) is 46.3 Å². The molecule has 2 rings (SSSR count). The largest absolute Gasteiger partial charge is 0.311 e. The minimum atomic E-state index is 0.651. The van der Waals surface area contributed by atoms with Crippen LogP contribution in [0.4, 0.5) is 0 Å². The van der Waals surface area contributed by atoms with Gasteiger partial charge < -0.3 is 5.32 Å². The Bertz CT molecular complexity index is 421. The topological polar surface area (TPSA) is 31.4 Å². The molecule has 1 unspecified atom stereocenters. The van der Waals surface area contributed by atoms with Crippen molar-refractivity contribution < 1.29 is 0 Å². The minimum absolute atomic E-state index is 0.651. The van der Waals surface area contributed by atoms with Crippen molar-refractivity contribution in [2.75, 3.05) is 32.7 Å². The number of nitrogens with one attached hydrogen (secondary N) is 1. The molecule has 4 heteroatoms. The van der Waals surface area contributed by atoms with Gasteiger partial charge in [0.2, 0.25) is 0 Å². The number of pyridine rings is 1. The van der Waals surface area contributed by atoms with E-state index in [4.69, 9.17) is 4.98 Å². The molecule has 1 aliphatic rings. The van der Waals surface area contributed by atoms with Gasteiger partial charge in [0.25, 0.3) is 0 Å². The number of hydrogen-bond acceptors (Lipinski definition) is 4. The number of rotatable bonds is 7. The Morgan fingerprint density at radius 1 is 1.24 bits per heavy atom. The zero-order chi connectivity index (χ0) is 15.1. The maximum atomic E-state index is 4.79. The fraction of sp³-hybridized carbons (Fsp3) is 0.706. The number of nitrogens with zero attached hydrogens (tertiary/aromatic N) is 3. The van der Waals surface area contributed by atoms with Gasteiger partial charge in [-0.2, -0.15) is 0 Å². The van der Waals surface area contributed by atoms with Crippen LogP contribution < -0.4 is 5.32 Å². The summed E-state index contributed by atoms with van der Waals surface area (Å²) in [5.74, 6) is 0. The molecule has 1 N–H and O–H groups in total. The van der Waals surface area contributed by atoms with E-state index in [1.165, 1.54) is 18.7 Å². The Balaban J connectivity index is 1.86. The van der Waals surface area contributed by atoms with E-state index in [2.05, 4.69) is 54.1 Å². The van der Waals surface area contributed by atoms with Crippen molar-refractivity contribution in [1.29, 1.82) is 0 Å². The molecule has 0 aromatic carbocycles. The number of piperazine rings is 1. The highest BCUT2D eigenvalue weighted by molar-refractivity contribution is 5.11. The summed E-state index contributed by atoms with van der Waals surface area (Å²) in [7, 11) is 0. The third-order valence-corrected chi connectivity index (χ3v) is 4.24. The molecule has 1 fully saturated rings. The monoisotopic (exact) mass is 290 g/mol. The van der Waals surface area contributed by atoms with Crippen LogP contribution in [-0.2, 0) is 13.1 Å². The van der Waals surface area contributed by atoms with E-state index in [9.17, 15) is 0 Å². The summed E-state index contributed by atoms with van der Waals surface area (Å²) >= 11 is 0. The van der Waals surface area contributed by atoms with Crippen molar-refractivity contribution in [3.63, 3.8) is 0 Å². The van der Waals surface area contributed by atoms with Crippen LogP contribution in [0.5, 0.6) is 0 Å². The van der Waals surface area contributed by atoms with Crippen molar-refractivity contribution in [3.05, 3.63) is 29.6 Å². The van der Waals surface area contributed by atoms with E-state index in [0.717, 1.165) is 45.0 Å². The Hall–Kier alpha value is -0.970. The van der Waals surface area contributed by atoms with Crippen molar-refractivity contribution in [3.8, 4) is 0 Å². The summed E-state index contributed by atoms with van der Waals surface area (Å²) in [4.78, 5) is 9.87. The van der Waals surface area contributed by atoms with Crippen LogP contribution in [0.3, 0.4) is 0 Å². The van der Waals surface area contributed by atoms with Crippen LogP contribution in [0.15, 0.2) is 18.2 Å². The summed E-state index contributed by atoms with van der Waals surface area (Å²) in [5.41, 5.74) is 2.35. The van der Waals surface area contributed by atoms with E-state index in [-0.39, 0.29) is 0 Å². The Morgan fingerprint density at radius 3 is 2.76 bits per heavy atom. The SMILES string of the molecule is CCCNCc1cccc(CN2CCN(CC)C(C)C2)n1. The fourth-order valence-corrected chi connectivity index (χ4v) is 3.02. The van der Waals surface area contributed by atoms with Crippen LogP contribution >= 0.6 is 0 Å². The van der Waals surface area contributed by atoms with Gasteiger partial charge in [-0.15, -0.1) is 0 Å². The maximum Gasteiger partial charge on any atom is 0.0547 e. The number of likely N-dealkylation sites (N-methyl/N-ethyl adjacent to an activating group) is 1. The standard InChI is InChI=1S/C17H30N4/c1-4-9-18-12-16-7-6-8-17(19-16)14-20-10-11-21(5-2)15(3)13-20/h6-8,15,18H,4-5,9-14H2,1-3H3. The van der Waals surface area contributed by atoms with Gasteiger partial charge >= 0.3 is 0 Å². The highest BCUT2D eigenvalue weighted by Gasteiger charge is 2.22. The lowest BCUT2D eigenvalue weighted by atomic mass is 10.2. The zero-order valence-corrected chi connectivity index (χ0v) is 13.8. The second-order valence-electron chi connectivity index (χ2n) is 6.01. The van der Waals surface area contributed by atoms with Crippen molar-refractivity contribution in [2.24, 2.45) is 0 Å². The molecule has 21 heavy (non-hydrogen) atoms. The summed E-state index contributed by atoms with van der Waals surface area (Å²) in [5, 5.41) is 3.42. The summed E-state index contributed by atoms with van der Waals surface area (Å²) in [6.07, 6.45) is 1.17. The first-order valence-electron chi connectivity index (χ1n) is 8.34. The second kappa shape index (κ2) is 8.47. The molecule has 118 valence electrons. The smallest absolute Gasteiger partial charge is 0.0547 e. The predicted octanol–water partition coefficient (Wildman–Crippen LogP) is 2.11. The van der Waals surface area contributed by atoms with Crippen molar-refractivity contribution in [1.82, 2.24) is 20.1 Å². The van der Waals surface area contributed by atoms with Crippen LogP contribution in [0.1, 0.15) is 38.6 Å². The summed E-state index contributed by atoms with van der Waals surface area (Å²) in [6, 6.07) is 7.05. The Labute approximate surface area is 129 Å². The summed E-state index contributed by atoms with van der Waals surface area (Å²) < 4.78 is 0. The molecule has 1 aromatic heterocycles. The molecule has 0 radical (unpaired) electrons. The zero-order valence-electron chi connectivity index (χ0n) is 13.8. The van der Waals surface area contributed by atoms with E-state index in [1.807, 2.05) is 0 Å². The highest BCUT2D eigenvalue weighted by Crippen LogP contribution is 2.12. The van der Waals surface area contributed by atoms with Gasteiger partial charge in [0.05, 0.1) is 11.4 Å². The third-order valence-electron chi connectivity index (χ3n) is 4.24. The first kappa shape index (κ1) is 16.4. The first-order valence-corrected chi connectivity index (χ1v) is 8.34. The molecular weight excluding hydrogens is 260 g/mol. The molecule has 4 nitrogen and oxygen atoms in total. The average molecular weight is 290 g/mol. The minimum Gasteiger partial charge on any atom is -0.311 e. The quantitative estimate of drug-likeness (QED) is 0.779. The summed E-state index contributed by atoms with van der Waals surface area (Å²) in [6.45, 7) is 14.3. The molecule has 2 heterocycles. The number of aromatic nitrogens is 1. The van der Waals surface area contributed by atoms with E-state index in [0.29, 0.717) is 6.04 Å². The predicted molar refractivity (Wildman–Crippen MR) is 88.2 cm³/mol. The second-order valence-corrected chi connectivity index (χ2v) is 6.01. The average Bonchev–Trinajstić information content (AvgIpc) is 2.48. The van der Waals surface area contributed by atoms with Gasteiger partial charge in [-0.1, -0.05) is 19.9 Å². The molecule has 1 atom stereocenters. The molecule has 1 aliphatic heterocycles. The Morgan fingerprint density at radius 2 is 2.05 bits per heavy atom. The maximum absolute atomic E-state index is 4.79. The van der Waals surface area contributed by atoms with Gasteiger partial charge in [-0.3, -0.25) is 14.8 Å². The van der Waals surface area contributed by atoms with Gasteiger partial charge in [0.1, 0.15) is 0 Å². The van der Waals surface area contributed by atoms with E-state index in [1.54, 1.807) is 0 Å². The van der Waals surface area contributed by atoms with Crippen LogP contribution in [0.2, 0.25) is 0 Å². The lowest BCUT2D eigenvalue weighted by molar-refractivity contribution is 0.0826. The lowest BCUT2D eigenvalue weighted by Crippen LogP contribution is -2.51. The molecule has 1 aromatic rings. The fourth-order valence-electron chi connectivity index (χ4n) is 3.02. The van der Waals surface area contributed by atoms with E-state index >= 15 is 0 Å². The Kier molecular flexibility index (Phi) is 6.61. The van der Waals surface area contributed by atoms with Crippen LogP contribution in [-0.4, -0.2) is 53.5 Å². The molecule has 0 saturated carbocycles. The normalized spacial score (nSPS) is 20.8. The van der Waals surface area contributed by atoms with Gasteiger partial charge in [-0.25, -0.2) is 0 Å². The molecule has 0 aliphatic carbocycles. The van der Waals surface area contributed by atoms with Crippen molar-refractivity contribution >= 4 is 0 Å². The molecule has 0 bridgehead atoms.